The number of nitrogens with one attached hydrogen (secondary N) is 1. The number of carboxylic acids is 1. The molecule has 142 valence electrons. The van der Waals surface area contributed by atoms with Gasteiger partial charge in [0.05, 0.1) is 7.11 Å². The van der Waals surface area contributed by atoms with Crippen molar-refractivity contribution >= 4 is 41.2 Å². The summed E-state index contributed by atoms with van der Waals surface area (Å²) in [6.45, 7) is 5.12. The second-order valence-electron chi connectivity index (χ2n) is 5.53. The zero-order chi connectivity index (χ0) is 20.1. The molecule has 1 saturated heterocycles. The molecule has 0 saturated carbocycles. The van der Waals surface area contributed by atoms with Crippen LogP contribution in [0.5, 0.6) is 11.5 Å². The Kier molecular flexibility index (Phi) is 6.30. The van der Waals surface area contributed by atoms with Gasteiger partial charge in [0, 0.05) is 6.54 Å². The first-order valence-electron chi connectivity index (χ1n) is 7.85. The molecule has 1 aliphatic heterocycles. The van der Waals surface area contributed by atoms with Gasteiger partial charge in [-0.25, -0.2) is 4.79 Å². The van der Waals surface area contributed by atoms with Crippen LogP contribution in [-0.4, -0.2) is 52.7 Å². The molecule has 0 aliphatic carbocycles. The van der Waals surface area contributed by atoms with Crippen molar-refractivity contribution < 1.29 is 29.0 Å². The average Bonchev–Trinajstić information content (AvgIpc) is 2.63. The molecule has 1 atom stereocenters. The second-order valence-corrected chi connectivity index (χ2v) is 5.92. The fraction of sp³-hybridized carbons (Fsp3) is 0.222. The van der Waals surface area contributed by atoms with Gasteiger partial charge in [-0.05, 0) is 42.9 Å². The molecule has 0 bridgehead atoms. The normalized spacial score (nSPS) is 16.7. The highest BCUT2D eigenvalue weighted by atomic mass is 32.1. The van der Waals surface area contributed by atoms with E-state index in [2.05, 4.69) is 11.9 Å². The molecule has 0 unspecified atom stereocenters. The Hall–Kier alpha value is -3.20. The van der Waals surface area contributed by atoms with E-state index in [9.17, 15) is 14.4 Å². The quantitative estimate of drug-likeness (QED) is 0.313. The van der Waals surface area contributed by atoms with Gasteiger partial charge in [0.15, 0.2) is 22.7 Å². The Bertz CT molecular complexity index is 848. The second kappa shape index (κ2) is 8.45. The van der Waals surface area contributed by atoms with Crippen molar-refractivity contribution in [3.05, 3.63) is 42.0 Å². The van der Waals surface area contributed by atoms with E-state index in [1.54, 1.807) is 6.07 Å². The topological polar surface area (TPSA) is 105 Å². The lowest BCUT2D eigenvalue weighted by Crippen LogP contribution is -2.53. The van der Waals surface area contributed by atoms with Crippen LogP contribution in [0.1, 0.15) is 12.5 Å². The summed E-state index contributed by atoms with van der Waals surface area (Å²) in [5.74, 6) is -1.78. The predicted molar refractivity (Wildman–Crippen MR) is 101 cm³/mol. The zero-order valence-corrected chi connectivity index (χ0v) is 15.5. The number of aliphatic carboxylic acids is 1. The lowest BCUT2D eigenvalue weighted by atomic mass is 10.1. The van der Waals surface area contributed by atoms with Gasteiger partial charge >= 0.3 is 5.97 Å². The van der Waals surface area contributed by atoms with Crippen molar-refractivity contribution in [3.63, 3.8) is 0 Å². The van der Waals surface area contributed by atoms with E-state index in [4.69, 9.17) is 26.8 Å². The number of ether oxygens (including phenoxy) is 2. The molecule has 0 aromatic heterocycles. The molecule has 0 spiro atoms. The monoisotopic (exact) mass is 390 g/mol. The third-order valence-corrected chi connectivity index (χ3v) is 3.97. The number of carboxylic acid groups (broad SMARTS) is 1. The first kappa shape index (κ1) is 20.1. The average molecular weight is 390 g/mol. The molecule has 9 heteroatoms. The summed E-state index contributed by atoms with van der Waals surface area (Å²) in [5.41, 5.74) is 0.395. The van der Waals surface area contributed by atoms with Gasteiger partial charge in [0.1, 0.15) is 5.57 Å². The molecule has 8 nitrogen and oxygen atoms in total. The molecule has 1 fully saturated rings. The van der Waals surface area contributed by atoms with E-state index in [0.717, 1.165) is 0 Å². The number of hydrogen-bond donors (Lipinski definition) is 2. The largest absolute Gasteiger partial charge is 0.493 e. The van der Waals surface area contributed by atoms with Crippen LogP contribution in [0, 0.1) is 0 Å². The summed E-state index contributed by atoms with van der Waals surface area (Å²) in [5, 5.41) is 11.4. The molecule has 2 N–H and O–H groups in total. The van der Waals surface area contributed by atoms with Crippen molar-refractivity contribution in [3.8, 4) is 11.5 Å². The zero-order valence-electron chi connectivity index (χ0n) is 14.7. The first-order valence-corrected chi connectivity index (χ1v) is 8.26. The number of rotatable bonds is 7. The molecule has 2 rings (SSSR count). The molecular weight excluding hydrogens is 372 g/mol. The molecule has 2 amide bonds. The summed E-state index contributed by atoms with van der Waals surface area (Å²) in [6.07, 6.45) is 1.82. The fourth-order valence-corrected chi connectivity index (χ4v) is 2.52. The number of hydrogen-bond acceptors (Lipinski definition) is 6. The Balaban J connectivity index is 2.35. The van der Waals surface area contributed by atoms with Crippen LogP contribution >= 0.6 is 12.2 Å². The van der Waals surface area contributed by atoms with Crippen LogP contribution in [0.3, 0.4) is 0 Å². The highest BCUT2D eigenvalue weighted by Crippen LogP contribution is 2.30. The van der Waals surface area contributed by atoms with E-state index in [1.807, 2.05) is 0 Å². The van der Waals surface area contributed by atoms with Crippen molar-refractivity contribution in [1.82, 2.24) is 10.2 Å². The number of carbonyl (C=O) groups excluding carboxylic acids is 2. The fourth-order valence-electron chi connectivity index (χ4n) is 2.27. The highest BCUT2D eigenvalue weighted by Gasteiger charge is 2.32. The highest BCUT2D eigenvalue weighted by molar-refractivity contribution is 7.80. The number of amides is 2. The van der Waals surface area contributed by atoms with E-state index >= 15 is 0 Å². The summed E-state index contributed by atoms with van der Waals surface area (Å²) in [6, 6.07) is 4.61. The van der Waals surface area contributed by atoms with Crippen molar-refractivity contribution in [2.45, 2.75) is 13.0 Å². The van der Waals surface area contributed by atoms with Crippen molar-refractivity contribution in [2.75, 3.05) is 13.7 Å². The van der Waals surface area contributed by atoms with E-state index in [0.29, 0.717) is 5.56 Å². The molecule has 1 aromatic carbocycles. The number of nitrogens with zero attached hydrogens (tertiary/aromatic N) is 1. The number of methoxy groups -OCH3 is 1. The minimum Gasteiger partial charge on any atom is -0.493 e. The standard InChI is InChI=1S/C18H18N2O6S/c1-4-7-20-16(22)12(15(21)19-18(20)27)8-11-5-6-13(14(9-11)25-3)26-10(2)17(23)24/h4-6,8-10H,1,7H2,2-3H3,(H,23,24)(H,19,21,27)/b12-8+/t10-/m1/s1. The Morgan fingerprint density at radius 2 is 2.11 bits per heavy atom. The van der Waals surface area contributed by atoms with E-state index in [-0.39, 0.29) is 28.7 Å². The lowest BCUT2D eigenvalue weighted by molar-refractivity contribution is -0.144. The van der Waals surface area contributed by atoms with Gasteiger partial charge in [0.2, 0.25) is 0 Å². The maximum atomic E-state index is 12.5. The SMILES string of the molecule is C=CCN1C(=O)/C(=C/c2ccc(O[C@H](C)C(=O)O)c(OC)c2)C(=O)NC1=S. The van der Waals surface area contributed by atoms with Crippen LogP contribution < -0.4 is 14.8 Å². The van der Waals surface area contributed by atoms with Crippen LogP contribution in [-0.2, 0) is 14.4 Å². The first-order chi connectivity index (χ1) is 12.8. The summed E-state index contributed by atoms with van der Waals surface area (Å²) in [7, 11) is 1.40. The van der Waals surface area contributed by atoms with Gasteiger partial charge in [-0.1, -0.05) is 12.1 Å². The summed E-state index contributed by atoms with van der Waals surface area (Å²) < 4.78 is 10.5. The minimum absolute atomic E-state index is 0.0195. The number of benzene rings is 1. The Labute approximate surface area is 161 Å². The molecule has 27 heavy (non-hydrogen) atoms. The molecular formula is C18H18N2O6S. The van der Waals surface area contributed by atoms with Crippen molar-refractivity contribution in [2.24, 2.45) is 0 Å². The Morgan fingerprint density at radius 1 is 1.41 bits per heavy atom. The lowest BCUT2D eigenvalue weighted by Gasteiger charge is -2.27. The third kappa shape index (κ3) is 4.50. The van der Waals surface area contributed by atoms with Gasteiger partial charge in [-0.2, -0.15) is 0 Å². The van der Waals surface area contributed by atoms with Crippen LogP contribution in [0.4, 0.5) is 0 Å². The Morgan fingerprint density at radius 3 is 2.70 bits per heavy atom. The predicted octanol–water partition coefficient (Wildman–Crippen LogP) is 1.36. The van der Waals surface area contributed by atoms with Gasteiger partial charge in [-0.3, -0.25) is 19.8 Å². The van der Waals surface area contributed by atoms with E-state index in [1.165, 1.54) is 43.2 Å². The van der Waals surface area contributed by atoms with Crippen LogP contribution in [0.25, 0.3) is 6.08 Å². The third-order valence-electron chi connectivity index (χ3n) is 3.65. The van der Waals surface area contributed by atoms with Crippen LogP contribution in [0.15, 0.2) is 36.4 Å². The van der Waals surface area contributed by atoms with E-state index < -0.39 is 23.9 Å². The smallest absolute Gasteiger partial charge is 0.344 e. The molecule has 1 heterocycles. The van der Waals surface area contributed by atoms with Gasteiger partial charge < -0.3 is 14.6 Å². The number of thiocarbonyl (C=S) groups is 1. The van der Waals surface area contributed by atoms with Crippen LogP contribution in [0.2, 0.25) is 0 Å². The number of carbonyl (C=O) groups is 3. The maximum Gasteiger partial charge on any atom is 0.344 e. The van der Waals surface area contributed by atoms with Crippen molar-refractivity contribution in [1.29, 1.82) is 0 Å². The molecule has 1 aliphatic rings. The summed E-state index contributed by atoms with van der Waals surface area (Å²) in [4.78, 5) is 36.8. The maximum absolute atomic E-state index is 12.5. The summed E-state index contributed by atoms with van der Waals surface area (Å²) >= 11 is 5.00. The van der Waals surface area contributed by atoms with Gasteiger partial charge in [-0.15, -0.1) is 6.58 Å². The van der Waals surface area contributed by atoms with Gasteiger partial charge in [0.25, 0.3) is 11.8 Å². The molecule has 1 aromatic rings. The molecule has 0 radical (unpaired) electrons. The minimum atomic E-state index is -1.12.